The van der Waals surface area contributed by atoms with E-state index in [4.69, 9.17) is 9.26 Å². The number of rotatable bonds is 5. The lowest BCUT2D eigenvalue weighted by Gasteiger charge is -2.23. The highest BCUT2D eigenvalue weighted by Crippen LogP contribution is 2.24. The average Bonchev–Trinajstić information content (AvgIpc) is 3.04. The molecule has 1 aromatic heterocycles. The lowest BCUT2D eigenvalue weighted by molar-refractivity contribution is 0.0915. The Bertz CT molecular complexity index is 898. The number of ether oxygens (including phenoxy) is 1. The van der Waals surface area contributed by atoms with Gasteiger partial charge in [-0.3, -0.25) is 4.79 Å². The molecule has 1 atom stereocenters. The van der Waals surface area contributed by atoms with Crippen LogP contribution in [0.1, 0.15) is 40.7 Å². The molecule has 3 rings (SSSR count). The van der Waals surface area contributed by atoms with Gasteiger partial charge in [0.15, 0.2) is 9.84 Å². The number of hydrogen-bond acceptors (Lipinski definition) is 6. The van der Waals surface area contributed by atoms with Crippen LogP contribution in [-0.4, -0.2) is 36.5 Å². The van der Waals surface area contributed by atoms with Gasteiger partial charge in [0.05, 0.1) is 28.3 Å². The van der Waals surface area contributed by atoms with Crippen LogP contribution in [0.3, 0.4) is 0 Å². The van der Waals surface area contributed by atoms with E-state index in [9.17, 15) is 13.2 Å². The summed E-state index contributed by atoms with van der Waals surface area (Å²) in [6.07, 6.45) is 0.430. The molecule has 1 amide bonds. The van der Waals surface area contributed by atoms with Crippen molar-refractivity contribution in [2.75, 3.05) is 11.5 Å². The molecule has 1 fully saturated rings. The molecule has 0 saturated carbocycles. The number of nitrogens with zero attached hydrogens (tertiary/aromatic N) is 1. The summed E-state index contributed by atoms with van der Waals surface area (Å²) in [5.41, 5.74) is 1.44. The molecule has 1 aliphatic heterocycles. The number of benzene rings is 1. The van der Waals surface area contributed by atoms with E-state index in [0.29, 0.717) is 24.3 Å². The van der Waals surface area contributed by atoms with E-state index < -0.39 is 15.4 Å². The molecule has 0 bridgehead atoms. The number of aryl methyl sites for hydroxylation is 2. The first-order valence-corrected chi connectivity index (χ1v) is 10.2. The molecule has 1 aromatic carbocycles. The Morgan fingerprint density at radius 3 is 2.54 bits per heavy atom. The summed E-state index contributed by atoms with van der Waals surface area (Å²) in [5.74, 6) is 1.14. The Labute approximate surface area is 152 Å². The SMILES string of the molecule is Cc1noc(C)c1COc1ccc(C(=O)N[C@]2(C)CCS(=O)(=O)C2)cc1. The van der Waals surface area contributed by atoms with Crippen LogP contribution in [0.2, 0.25) is 0 Å². The summed E-state index contributed by atoms with van der Waals surface area (Å²) in [4.78, 5) is 12.4. The zero-order valence-electron chi connectivity index (χ0n) is 15.0. The number of carbonyl (C=O) groups is 1. The van der Waals surface area contributed by atoms with Crippen LogP contribution in [-0.2, 0) is 16.4 Å². The summed E-state index contributed by atoms with van der Waals surface area (Å²) in [6.45, 7) is 5.78. The lowest BCUT2D eigenvalue weighted by Crippen LogP contribution is -2.46. The number of amides is 1. The maximum atomic E-state index is 12.4. The standard InChI is InChI=1S/C18H22N2O5S/c1-12-16(13(2)25-20-12)10-24-15-6-4-14(5-7-15)17(21)19-18(3)8-9-26(22,23)11-18/h4-7H,8-11H2,1-3H3,(H,19,21)/t18-/m1/s1. The molecule has 0 unspecified atom stereocenters. The van der Waals surface area contributed by atoms with Crippen LogP contribution in [0.4, 0.5) is 0 Å². The monoisotopic (exact) mass is 378 g/mol. The molecule has 2 heterocycles. The molecule has 26 heavy (non-hydrogen) atoms. The quantitative estimate of drug-likeness (QED) is 0.856. The predicted molar refractivity (Wildman–Crippen MR) is 95.9 cm³/mol. The van der Waals surface area contributed by atoms with Crippen molar-refractivity contribution in [2.45, 2.75) is 39.3 Å². The minimum absolute atomic E-state index is 0.0234. The Morgan fingerprint density at radius 1 is 1.31 bits per heavy atom. The molecule has 7 nitrogen and oxygen atoms in total. The van der Waals surface area contributed by atoms with Gasteiger partial charge in [0.1, 0.15) is 18.1 Å². The van der Waals surface area contributed by atoms with E-state index in [-0.39, 0.29) is 17.4 Å². The number of sulfone groups is 1. The van der Waals surface area contributed by atoms with E-state index in [1.165, 1.54) is 0 Å². The van der Waals surface area contributed by atoms with E-state index in [1.54, 1.807) is 31.2 Å². The lowest BCUT2D eigenvalue weighted by atomic mass is 10.0. The van der Waals surface area contributed by atoms with Crippen molar-refractivity contribution in [1.29, 1.82) is 0 Å². The van der Waals surface area contributed by atoms with Gasteiger partial charge in [0.25, 0.3) is 5.91 Å². The van der Waals surface area contributed by atoms with Crippen LogP contribution in [0.25, 0.3) is 0 Å². The van der Waals surface area contributed by atoms with Gasteiger partial charge in [-0.05, 0) is 51.5 Å². The normalized spacial score (nSPS) is 21.5. The zero-order valence-corrected chi connectivity index (χ0v) is 15.9. The van der Waals surface area contributed by atoms with E-state index >= 15 is 0 Å². The van der Waals surface area contributed by atoms with Crippen molar-refractivity contribution in [2.24, 2.45) is 0 Å². The second-order valence-electron chi connectivity index (χ2n) is 6.97. The molecular formula is C18H22N2O5S. The Hall–Kier alpha value is -2.35. The largest absolute Gasteiger partial charge is 0.489 e. The van der Waals surface area contributed by atoms with E-state index in [2.05, 4.69) is 10.5 Å². The predicted octanol–water partition coefficient (Wildman–Crippen LogP) is 2.18. The molecule has 140 valence electrons. The van der Waals surface area contributed by atoms with Crippen LogP contribution < -0.4 is 10.1 Å². The maximum Gasteiger partial charge on any atom is 0.251 e. The summed E-state index contributed by atoms with van der Waals surface area (Å²) in [6, 6.07) is 6.73. The van der Waals surface area contributed by atoms with Crippen molar-refractivity contribution in [3.05, 3.63) is 46.8 Å². The average molecular weight is 378 g/mol. The van der Waals surface area contributed by atoms with Crippen LogP contribution >= 0.6 is 0 Å². The minimum atomic E-state index is -3.07. The van der Waals surface area contributed by atoms with E-state index in [0.717, 1.165) is 17.0 Å². The topological polar surface area (TPSA) is 98.5 Å². The first-order chi connectivity index (χ1) is 12.2. The van der Waals surface area contributed by atoms with Gasteiger partial charge in [-0.15, -0.1) is 0 Å². The van der Waals surface area contributed by atoms with E-state index in [1.807, 2.05) is 13.8 Å². The Balaban J connectivity index is 1.61. The second kappa shape index (κ2) is 6.75. The molecule has 0 spiro atoms. The second-order valence-corrected chi connectivity index (χ2v) is 9.16. The third kappa shape index (κ3) is 4.07. The van der Waals surface area contributed by atoms with Crippen molar-refractivity contribution in [1.82, 2.24) is 10.5 Å². The molecular weight excluding hydrogens is 356 g/mol. The molecule has 0 aliphatic carbocycles. The highest BCUT2D eigenvalue weighted by atomic mass is 32.2. The highest BCUT2D eigenvalue weighted by molar-refractivity contribution is 7.91. The van der Waals surface area contributed by atoms with Gasteiger partial charge in [0.2, 0.25) is 0 Å². The fourth-order valence-electron chi connectivity index (χ4n) is 3.02. The summed E-state index contributed by atoms with van der Waals surface area (Å²) >= 11 is 0. The Morgan fingerprint density at radius 2 is 2.00 bits per heavy atom. The van der Waals surface area contributed by atoms with Crippen LogP contribution in [0, 0.1) is 13.8 Å². The van der Waals surface area contributed by atoms with Crippen molar-refractivity contribution >= 4 is 15.7 Å². The van der Waals surface area contributed by atoms with Gasteiger partial charge in [0, 0.05) is 5.56 Å². The summed E-state index contributed by atoms with van der Waals surface area (Å²) < 4.78 is 34.1. The van der Waals surface area contributed by atoms with Gasteiger partial charge in [-0.2, -0.15) is 0 Å². The molecule has 1 saturated heterocycles. The number of hydrogen-bond donors (Lipinski definition) is 1. The third-order valence-electron chi connectivity index (χ3n) is 4.60. The number of carbonyl (C=O) groups excluding carboxylic acids is 1. The molecule has 0 radical (unpaired) electrons. The molecule has 8 heteroatoms. The zero-order chi connectivity index (χ0) is 18.9. The minimum Gasteiger partial charge on any atom is -0.489 e. The molecule has 1 aliphatic rings. The van der Waals surface area contributed by atoms with Crippen molar-refractivity contribution in [3.8, 4) is 5.75 Å². The number of aromatic nitrogens is 1. The van der Waals surface area contributed by atoms with Gasteiger partial charge in [-0.1, -0.05) is 5.16 Å². The van der Waals surface area contributed by atoms with Crippen LogP contribution in [0.5, 0.6) is 5.75 Å². The molecule has 2 aromatic rings. The maximum absolute atomic E-state index is 12.4. The molecule has 1 N–H and O–H groups in total. The van der Waals surface area contributed by atoms with Gasteiger partial charge in [-0.25, -0.2) is 8.42 Å². The summed E-state index contributed by atoms with van der Waals surface area (Å²) in [7, 11) is -3.07. The van der Waals surface area contributed by atoms with Gasteiger partial charge < -0.3 is 14.6 Å². The fraction of sp³-hybridized carbons (Fsp3) is 0.444. The van der Waals surface area contributed by atoms with Gasteiger partial charge >= 0.3 is 0 Å². The third-order valence-corrected chi connectivity index (χ3v) is 6.50. The van der Waals surface area contributed by atoms with Crippen LogP contribution in [0.15, 0.2) is 28.8 Å². The highest BCUT2D eigenvalue weighted by Gasteiger charge is 2.39. The smallest absolute Gasteiger partial charge is 0.251 e. The summed E-state index contributed by atoms with van der Waals surface area (Å²) in [5, 5.41) is 6.72. The Kier molecular flexibility index (Phi) is 4.79. The van der Waals surface area contributed by atoms with Crippen molar-refractivity contribution in [3.63, 3.8) is 0 Å². The number of nitrogens with one attached hydrogen (secondary N) is 1. The fourth-order valence-corrected chi connectivity index (χ4v) is 5.11. The van der Waals surface area contributed by atoms with Crippen molar-refractivity contribution < 1.29 is 22.5 Å². The first-order valence-electron chi connectivity index (χ1n) is 8.35. The first kappa shape index (κ1) is 18.4.